The number of ether oxygens (including phenoxy) is 1. The number of para-hydroxylation sites is 1. The second kappa shape index (κ2) is 6.24. The van der Waals surface area contributed by atoms with E-state index in [4.69, 9.17) is 20.9 Å². The molecule has 0 saturated carbocycles. The second-order valence-corrected chi connectivity index (χ2v) is 6.23. The van der Waals surface area contributed by atoms with Crippen LogP contribution in [0.25, 0.3) is 0 Å². The number of hydrogen-bond donors (Lipinski definition) is 0. The van der Waals surface area contributed by atoms with Crippen molar-refractivity contribution < 1.29 is 14.1 Å². The fraction of sp³-hybridized carbons (Fsp3) is 0.412. The van der Waals surface area contributed by atoms with Crippen molar-refractivity contribution in [3.05, 3.63) is 40.2 Å². The van der Waals surface area contributed by atoms with Crippen LogP contribution in [-0.4, -0.2) is 24.2 Å². The molecule has 1 aliphatic rings. The van der Waals surface area contributed by atoms with Crippen molar-refractivity contribution in [1.82, 2.24) is 5.16 Å². The Morgan fingerprint density at radius 3 is 2.91 bits per heavy atom. The maximum absolute atomic E-state index is 12.8. The normalized spacial score (nSPS) is 15.0. The summed E-state index contributed by atoms with van der Waals surface area (Å²) in [5.41, 5.74) is 2.59. The van der Waals surface area contributed by atoms with Gasteiger partial charge in [0, 0.05) is 12.0 Å². The Labute approximate surface area is 140 Å². The highest BCUT2D eigenvalue weighted by molar-refractivity contribution is 6.32. The fourth-order valence-corrected chi connectivity index (χ4v) is 3.36. The number of fused-ring (bicyclic) bond motifs is 1. The summed E-state index contributed by atoms with van der Waals surface area (Å²) in [6, 6.07) is 5.45. The molecule has 5 nitrogen and oxygen atoms in total. The van der Waals surface area contributed by atoms with Gasteiger partial charge >= 0.3 is 0 Å². The molecule has 0 aliphatic carbocycles. The fourth-order valence-electron chi connectivity index (χ4n) is 3.14. The average molecular weight is 335 g/mol. The summed E-state index contributed by atoms with van der Waals surface area (Å²) in [6.07, 6.45) is 0.384. The average Bonchev–Trinajstić information content (AvgIpc) is 2.86. The zero-order valence-electron chi connectivity index (χ0n) is 13.4. The number of carbonyl (C=O) groups excluding carboxylic acids is 1. The number of anilines is 1. The van der Waals surface area contributed by atoms with E-state index < -0.39 is 0 Å². The molecule has 0 N–H and O–H groups in total. The zero-order valence-corrected chi connectivity index (χ0v) is 14.2. The van der Waals surface area contributed by atoms with Crippen molar-refractivity contribution in [3.8, 4) is 5.75 Å². The summed E-state index contributed by atoms with van der Waals surface area (Å²) >= 11 is 6.16. The summed E-state index contributed by atoms with van der Waals surface area (Å²) in [7, 11) is 0. The van der Waals surface area contributed by atoms with Crippen molar-refractivity contribution in [2.24, 2.45) is 0 Å². The Hall–Kier alpha value is -2.01. The molecule has 2 heterocycles. The van der Waals surface area contributed by atoms with E-state index in [0.29, 0.717) is 30.3 Å². The number of carbonyl (C=O) groups is 1. The zero-order chi connectivity index (χ0) is 16.6. The molecular formula is C17H19ClN2O3. The van der Waals surface area contributed by atoms with Gasteiger partial charge in [0.15, 0.2) is 5.75 Å². The van der Waals surface area contributed by atoms with Crippen LogP contribution in [0.15, 0.2) is 22.7 Å². The number of amides is 1. The summed E-state index contributed by atoms with van der Waals surface area (Å²) in [6.45, 7) is 6.77. The van der Waals surface area contributed by atoms with Crippen molar-refractivity contribution in [1.29, 1.82) is 0 Å². The number of aromatic nitrogens is 1. The standard InChI is InChI=1S/C17H19ClN2O3/c1-10(16-11(2)19-23-12(16)3)9-15(21)20-7-8-22-17-13(18)5-4-6-14(17)20/h4-6,10H,7-9H2,1-3H3. The Kier molecular flexibility index (Phi) is 4.31. The largest absolute Gasteiger partial charge is 0.488 e. The first-order chi connectivity index (χ1) is 11.0. The molecule has 122 valence electrons. The molecule has 1 aromatic heterocycles. The highest BCUT2D eigenvalue weighted by atomic mass is 35.5. The van der Waals surface area contributed by atoms with Crippen LogP contribution in [0.2, 0.25) is 5.02 Å². The third-order valence-corrected chi connectivity index (χ3v) is 4.46. The molecule has 6 heteroatoms. The van der Waals surface area contributed by atoms with Crippen molar-refractivity contribution >= 4 is 23.2 Å². The van der Waals surface area contributed by atoms with Gasteiger partial charge in [-0.2, -0.15) is 0 Å². The minimum Gasteiger partial charge on any atom is -0.488 e. The molecule has 0 fully saturated rings. The highest BCUT2D eigenvalue weighted by Crippen LogP contribution is 2.38. The molecule has 1 unspecified atom stereocenters. The van der Waals surface area contributed by atoms with E-state index in [2.05, 4.69) is 5.16 Å². The lowest BCUT2D eigenvalue weighted by molar-refractivity contribution is -0.119. The summed E-state index contributed by atoms with van der Waals surface area (Å²) in [5.74, 6) is 1.44. The van der Waals surface area contributed by atoms with Gasteiger partial charge in [0.2, 0.25) is 5.91 Å². The minimum absolute atomic E-state index is 0.0410. The number of halogens is 1. The Balaban J connectivity index is 1.81. The van der Waals surface area contributed by atoms with Gasteiger partial charge in [-0.15, -0.1) is 0 Å². The van der Waals surface area contributed by atoms with E-state index >= 15 is 0 Å². The van der Waals surface area contributed by atoms with Gasteiger partial charge < -0.3 is 14.2 Å². The smallest absolute Gasteiger partial charge is 0.227 e. The molecule has 0 bridgehead atoms. The summed E-state index contributed by atoms with van der Waals surface area (Å²) in [4.78, 5) is 14.5. The number of benzene rings is 1. The highest BCUT2D eigenvalue weighted by Gasteiger charge is 2.28. The van der Waals surface area contributed by atoms with Crippen LogP contribution in [0.3, 0.4) is 0 Å². The summed E-state index contributed by atoms with van der Waals surface area (Å²) < 4.78 is 10.8. The quantitative estimate of drug-likeness (QED) is 0.855. The van der Waals surface area contributed by atoms with Crippen LogP contribution in [-0.2, 0) is 4.79 Å². The third kappa shape index (κ3) is 2.93. The van der Waals surface area contributed by atoms with Gasteiger partial charge in [0.1, 0.15) is 12.4 Å². The van der Waals surface area contributed by atoms with Gasteiger partial charge in [-0.25, -0.2) is 0 Å². The molecule has 23 heavy (non-hydrogen) atoms. The van der Waals surface area contributed by atoms with Gasteiger partial charge in [0.05, 0.1) is 22.9 Å². The Bertz CT molecular complexity index is 722. The predicted octanol–water partition coefficient (Wildman–Crippen LogP) is 3.86. The van der Waals surface area contributed by atoms with Crippen molar-refractivity contribution in [3.63, 3.8) is 0 Å². The van der Waals surface area contributed by atoms with Crippen LogP contribution in [0.4, 0.5) is 5.69 Å². The maximum Gasteiger partial charge on any atom is 0.227 e. The molecule has 1 atom stereocenters. The van der Waals surface area contributed by atoms with E-state index in [-0.39, 0.29) is 11.8 Å². The second-order valence-electron chi connectivity index (χ2n) is 5.82. The monoisotopic (exact) mass is 334 g/mol. The predicted molar refractivity (Wildman–Crippen MR) is 88.3 cm³/mol. The number of nitrogens with zero attached hydrogens (tertiary/aromatic N) is 2. The van der Waals surface area contributed by atoms with Crippen molar-refractivity contribution in [2.75, 3.05) is 18.1 Å². The first-order valence-electron chi connectivity index (χ1n) is 7.63. The number of hydrogen-bond acceptors (Lipinski definition) is 4. The molecule has 0 radical (unpaired) electrons. The molecule has 1 amide bonds. The van der Waals surface area contributed by atoms with E-state index in [1.54, 1.807) is 11.0 Å². The van der Waals surface area contributed by atoms with Crippen LogP contribution < -0.4 is 9.64 Å². The van der Waals surface area contributed by atoms with Crippen LogP contribution in [0.5, 0.6) is 5.75 Å². The van der Waals surface area contributed by atoms with Gasteiger partial charge in [-0.1, -0.05) is 29.7 Å². The van der Waals surface area contributed by atoms with Gasteiger partial charge in [-0.05, 0) is 31.9 Å². The van der Waals surface area contributed by atoms with Crippen LogP contribution >= 0.6 is 11.6 Å². The molecule has 0 saturated heterocycles. The first kappa shape index (κ1) is 15.9. The molecule has 3 rings (SSSR count). The molecular weight excluding hydrogens is 316 g/mol. The molecule has 1 aromatic carbocycles. The lowest BCUT2D eigenvalue weighted by Crippen LogP contribution is -2.38. The van der Waals surface area contributed by atoms with Crippen LogP contribution in [0, 0.1) is 13.8 Å². The van der Waals surface area contributed by atoms with E-state index in [0.717, 1.165) is 22.7 Å². The molecule has 1 aliphatic heterocycles. The lowest BCUT2D eigenvalue weighted by Gasteiger charge is -2.30. The number of aryl methyl sites for hydroxylation is 2. The maximum atomic E-state index is 12.8. The first-order valence-corrected chi connectivity index (χ1v) is 8.01. The third-order valence-electron chi connectivity index (χ3n) is 4.16. The van der Waals surface area contributed by atoms with Crippen LogP contribution in [0.1, 0.15) is 36.3 Å². The minimum atomic E-state index is 0.0410. The Morgan fingerprint density at radius 1 is 1.43 bits per heavy atom. The van der Waals surface area contributed by atoms with E-state index in [1.807, 2.05) is 32.9 Å². The summed E-state index contributed by atoms with van der Waals surface area (Å²) in [5, 5.41) is 4.49. The molecule has 0 spiro atoms. The SMILES string of the molecule is Cc1noc(C)c1C(C)CC(=O)N1CCOc2c(Cl)cccc21. The topological polar surface area (TPSA) is 55.6 Å². The molecule has 2 aromatic rings. The lowest BCUT2D eigenvalue weighted by atomic mass is 9.95. The number of rotatable bonds is 3. The van der Waals surface area contributed by atoms with Crippen molar-refractivity contribution in [2.45, 2.75) is 33.1 Å². The Morgan fingerprint density at radius 2 is 2.22 bits per heavy atom. The van der Waals surface area contributed by atoms with E-state index in [1.165, 1.54) is 0 Å². The van der Waals surface area contributed by atoms with Gasteiger partial charge in [0.25, 0.3) is 0 Å². The van der Waals surface area contributed by atoms with Gasteiger partial charge in [-0.3, -0.25) is 4.79 Å². The van der Waals surface area contributed by atoms with E-state index in [9.17, 15) is 4.79 Å².